The maximum Gasteiger partial charge on any atom is 0.233 e. The lowest BCUT2D eigenvalue weighted by Crippen LogP contribution is -2.40. The third kappa shape index (κ3) is 4.12. The van der Waals surface area contributed by atoms with Gasteiger partial charge >= 0.3 is 0 Å². The summed E-state index contributed by atoms with van der Waals surface area (Å²) >= 11 is 1.22. The Kier molecular flexibility index (Phi) is 5.57. The SMILES string of the molecule is C[C@@H](Sc1nnc(-c2ccccc2F)n1N)C(=O)NC1CCCCC1. The highest BCUT2D eigenvalue weighted by Crippen LogP contribution is 2.26. The van der Waals surface area contributed by atoms with E-state index in [1.807, 2.05) is 0 Å². The zero-order chi connectivity index (χ0) is 17.8. The second-order valence-electron chi connectivity index (χ2n) is 6.26. The van der Waals surface area contributed by atoms with Gasteiger partial charge in [0.05, 0.1) is 10.8 Å². The number of nitrogen functional groups attached to an aromatic ring is 1. The molecule has 2 aromatic rings. The molecule has 1 aromatic carbocycles. The largest absolute Gasteiger partial charge is 0.352 e. The quantitative estimate of drug-likeness (QED) is 0.630. The minimum atomic E-state index is -0.416. The molecule has 3 rings (SSSR count). The third-order valence-electron chi connectivity index (χ3n) is 4.38. The van der Waals surface area contributed by atoms with Gasteiger partial charge in [-0.25, -0.2) is 9.07 Å². The molecule has 0 saturated heterocycles. The lowest BCUT2D eigenvalue weighted by molar-refractivity contribution is -0.121. The number of hydrogen-bond donors (Lipinski definition) is 2. The number of nitrogens with two attached hydrogens (primary N) is 1. The van der Waals surface area contributed by atoms with Crippen LogP contribution in [0.1, 0.15) is 39.0 Å². The first-order valence-electron chi connectivity index (χ1n) is 8.48. The fourth-order valence-corrected chi connectivity index (χ4v) is 3.74. The van der Waals surface area contributed by atoms with Gasteiger partial charge in [0.1, 0.15) is 5.82 Å². The predicted octanol–water partition coefficient (Wildman–Crippen LogP) is 2.73. The van der Waals surface area contributed by atoms with Crippen molar-refractivity contribution in [1.82, 2.24) is 20.2 Å². The Labute approximate surface area is 150 Å². The first-order chi connectivity index (χ1) is 12.1. The molecule has 1 aliphatic carbocycles. The first kappa shape index (κ1) is 17.7. The van der Waals surface area contributed by atoms with Crippen molar-refractivity contribution in [2.45, 2.75) is 55.5 Å². The van der Waals surface area contributed by atoms with Crippen molar-refractivity contribution in [3.63, 3.8) is 0 Å². The molecule has 1 aliphatic rings. The first-order valence-corrected chi connectivity index (χ1v) is 9.36. The fraction of sp³-hybridized carbons (Fsp3) is 0.471. The summed E-state index contributed by atoms with van der Waals surface area (Å²) < 4.78 is 15.1. The number of amides is 1. The summed E-state index contributed by atoms with van der Waals surface area (Å²) in [5.74, 6) is 5.80. The van der Waals surface area contributed by atoms with Crippen molar-refractivity contribution in [3.8, 4) is 11.4 Å². The van der Waals surface area contributed by atoms with Crippen LogP contribution in [0.4, 0.5) is 4.39 Å². The average Bonchev–Trinajstić information content (AvgIpc) is 2.97. The summed E-state index contributed by atoms with van der Waals surface area (Å²) in [5, 5.41) is 11.1. The van der Waals surface area contributed by atoms with E-state index in [2.05, 4.69) is 15.5 Å². The van der Waals surface area contributed by atoms with Gasteiger partial charge in [0, 0.05) is 6.04 Å². The Morgan fingerprint density at radius 1 is 1.32 bits per heavy atom. The number of halogens is 1. The molecule has 1 atom stereocenters. The molecule has 0 bridgehead atoms. The predicted molar refractivity (Wildman–Crippen MR) is 95.9 cm³/mol. The molecule has 6 nitrogen and oxygen atoms in total. The van der Waals surface area contributed by atoms with Crippen molar-refractivity contribution in [3.05, 3.63) is 30.1 Å². The zero-order valence-electron chi connectivity index (χ0n) is 14.1. The van der Waals surface area contributed by atoms with E-state index in [-0.39, 0.29) is 28.6 Å². The Bertz CT molecular complexity index is 744. The standard InChI is InChI=1S/C17H22FN5OS/c1-11(16(24)20-12-7-3-2-4-8-12)25-17-22-21-15(23(17)19)13-9-5-6-10-14(13)18/h5-6,9-12H,2-4,7-8,19H2,1H3,(H,20,24)/t11-/m1/s1. The van der Waals surface area contributed by atoms with Gasteiger partial charge in [0.2, 0.25) is 11.1 Å². The summed E-state index contributed by atoms with van der Waals surface area (Å²) in [6, 6.07) is 6.51. The van der Waals surface area contributed by atoms with E-state index in [1.54, 1.807) is 25.1 Å². The molecule has 1 saturated carbocycles. The monoisotopic (exact) mass is 363 g/mol. The molecule has 1 heterocycles. The molecule has 8 heteroatoms. The number of nitrogens with zero attached hydrogens (tertiary/aromatic N) is 3. The van der Waals surface area contributed by atoms with E-state index in [0.29, 0.717) is 5.16 Å². The van der Waals surface area contributed by atoms with Crippen LogP contribution in [0.25, 0.3) is 11.4 Å². The van der Waals surface area contributed by atoms with Crippen LogP contribution in [0.15, 0.2) is 29.4 Å². The van der Waals surface area contributed by atoms with Gasteiger partial charge in [-0.1, -0.05) is 43.2 Å². The van der Waals surface area contributed by atoms with Crippen LogP contribution < -0.4 is 11.2 Å². The summed E-state index contributed by atoms with van der Waals surface area (Å²) in [4.78, 5) is 12.4. The molecule has 25 heavy (non-hydrogen) atoms. The van der Waals surface area contributed by atoms with Gasteiger partial charge in [0.25, 0.3) is 0 Å². The number of carbonyl (C=O) groups excluding carboxylic acids is 1. The van der Waals surface area contributed by atoms with Gasteiger partial charge in [-0.05, 0) is 31.9 Å². The number of carbonyl (C=O) groups is 1. The van der Waals surface area contributed by atoms with Crippen molar-refractivity contribution in [2.24, 2.45) is 0 Å². The second kappa shape index (κ2) is 7.86. The number of benzene rings is 1. The Balaban J connectivity index is 1.66. The molecule has 0 unspecified atom stereocenters. The number of rotatable bonds is 5. The minimum Gasteiger partial charge on any atom is -0.352 e. The lowest BCUT2D eigenvalue weighted by Gasteiger charge is -2.24. The molecule has 0 spiro atoms. The minimum absolute atomic E-state index is 0.0349. The summed E-state index contributed by atoms with van der Waals surface area (Å²) in [6.45, 7) is 1.81. The molecule has 1 amide bonds. The van der Waals surface area contributed by atoms with Gasteiger partial charge in [-0.2, -0.15) is 0 Å². The maximum absolute atomic E-state index is 13.9. The number of nitrogens with one attached hydrogen (secondary N) is 1. The highest BCUT2D eigenvalue weighted by molar-refractivity contribution is 8.00. The molecule has 1 aromatic heterocycles. The van der Waals surface area contributed by atoms with Crippen LogP contribution in [0.3, 0.4) is 0 Å². The Morgan fingerprint density at radius 3 is 2.76 bits per heavy atom. The van der Waals surface area contributed by atoms with E-state index >= 15 is 0 Å². The third-order valence-corrected chi connectivity index (χ3v) is 5.44. The maximum atomic E-state index is 13.9. The molecule has 0 aliphatic heterocycles. The van der Waals surface area contributed by atoms with Gasteiger partial charge < -0.3 is 11.2 Å². The molecular weight excluding hydrogens is 341 g/mol. The van der Waals surface area contributed by atoms with Crippen molar-refractivity contribution >= 4 is 17.7 Å². The molecule has 1 fully saturated rings. The Hall–Kier alpha value is -2.09. The van der Waals surface area contributed by atoms with Gasteiger partial charge in [-0.3, -0.25) is 4.79 Å². The lowest BCUT2D eigenvalue weighted by atomic mass is 9.95. The van der Waals surface area contributed by atoms with Gasteiger partial charge in [-0.15, -0.1) is 10.2 Å². The summed E-state index contributed by atoms with van der Waals surface area (Å²) in [6.07, 6.45) is 5.64. The van der Waals surface area contributed by atoms with Crippen LogP contribution in [-0.4, -0.2) is 32.1 Å². The number of thioether (sulfide) groups is 1. The van der Waals surface area contributed by atoms with Crippen molar-refractivity contribution in [1.29, 1.82) is 0 Å². The highest BCUT2D eigenvalue weighted by atomic mass is 32.2. The summed E-state index contributed by atoms with van der Waals surface area (Å²) in [7, 11) is 0. The molecule has 134 valence electrons. The van der Waals surface area contributed by atoms with Crippen LogP contribution >= 0.6 is 11.8 Å². The topological polar surface area (TPSA) is 85.8 Å². The smallest absolute Gasteiger partial charge is 0.233 e. The van der Waals surface area contributed by atoms with Crippen molar-refractivity contribution in [2.75, 3.05) is 5.84 Å². The summed E-state index contributed by atoms with van der Waals surface area (Å²) in [5.41, 5.74) is 0.281. The van der Waals surface area contributed by atoms with E-state index in [1.165, 1.54) is 28.9 Å². The van der Waals surface area contributed by atoms with Crippen LogP contribution in [0.2, 0.25) is 0 Å². The normalized spacial score (nSPS) is 16.6. The van der Waals surface area contributed by atoms with Crippen LogP contribution in [0.5, 0.6) is 0 Å². The Morgan fingerprint density at radius 2 is 2.04 bits per heavy atom. The molecule has 0 radical (unpaired) electrons. The molecule has 3 N–H and O–H groups in total. The number of aromatic nitrogens is 3. The highest BCUT2D eigenvalue weighted by Gasteiger charge is 2.23. The average molecular weight is 363 g/mol. The van der Waals surface area contributed by atoms with Crippen LogP contribution in [-0.2, 0) is 4.79 Å². The van der Waals surface area contributed by atoms with Gasteiger partial charge in [0.15, 0.2) is 5.82 Å². The second-order valence-corrected chi connectivity index (χ2v) is 7.57. The van der Waals surface area contributed by atoms with E-state index in [4.69, 9.17) is 5.84 Å². The van der Waals surface area contributed by atoms with E-state index < -0.39 is 5.82 Å². The van der Waals surface area contributed by atoms with Crippen molar-refractivity contribution < 1.29 is 9.18 Å². The van der Waals surface area contributed by atoms with E-state index in [9.17, 15) is 9.18 Å². The fourth-order valence-electron chi connectivity index (χ4n) is 2.96. The number of hydrogen-bond acceptors (Lipinski definition) is 5. The molecular formula is C17H22FN5OS. The zero-order valence-corrected chi connectivity index (χ0v) is 14.9. The van der Waals surface area contributed by atoms with Crippen LogP contribution in [0, 0.1) is 5.82 Å². The van der Waals surface area contributed by atoms with E-state index in [0.717, 1.165) is 25.7 Å².